The van der Waals surface area contributed by atoms with Crippen LogP contribution in [-0.4, -0.2) is 18.7 Å². The van der Waals surface area contributed by atoms with Gasteiger partial charge in [0.15, 0.2) is 0 Å². The molecule has 1 unspecified atom stereocenters. The molecule has 0 aliphatic carbocycles. The number of anilines is 1. The molecule has 1 atom stereocenters. The van der Waals surface area contributed by atoms with Crippen LogP contribution in [-0.2, 0) is 6.42 Å². The molecular formula is C22H29NO. The van der Waals surface area contributed by atoms with Crippen LogP contribution in [0, 0.1) is 0 Å². The highest BCUT2D eigenvalue weighted by molar-refractivity contribution is 5.59. The van der Waals surface area contributed by atoms with Gasteiger partial charge in [-0.2, -0.15) is 0 Å². The van der Waals surface area contributed by atoms with Crippen molar-refractivity contribution in [1.29, 1.82) is 0 Å². The first-order valence-electron chi connectivity index (χ1n) is 9.09. The number of ether oxygens (including phenoxy) is 1. The van der Waals surface area contributed by atoms with Crippen molar-refractivity contribution < 1.29 is 4.74 Å². The van der Waals surface area contributed by atoms with E-state index in [1.54, 1.807) is 0 Å². The van der Waals surface area contributed by atoms with E-state index in [-0.39, 0.29) is 5.54 Å². The fourth-order valence-corrected chi connectivity index (χ4v) is 3.94. The molecule has 0 saturated carbocycles. The molecule has 24 heavy (non-hydrogen) atoms. The van der Waals surface area contributed by atoms with Crippen molar-refractivity contribution in [2.24, 2.45) is 0 Å². The Labute approximate surface area is 146 Å². The Kier molecular flexibility index (Phi) is 4.84. The van der Waals surface area contributed by atoms with Crippen LogP contribution in [0.4, 0.5) is 5.69 Å². The fraction of sp³-hybridized carbons (Fsp3) is 0.455. The van der Waals surface area contributed by atoms with Crippen LogP contribution < -0.4 is 9.64 Å². The van der Waals surface area contributed by atoms with Gasteiger partial charge in [0, 0.05) is 11.2 Å². The quantitative estimate of drug-likeness (QED) is 0.728. The summed E-state index contributed by atoms with van der Waals surface area (Å²) in [5, 5.41) is 0. The van der Waals surface area contributed by atoms with Crippen molar-refractivity contribution in [2.45, 2.75) is 52.0 Å². The van der Waals surface area contributed by atoms with Crippen molar-refractivity contribution >= 4 is 5.69 Å². The van der Waals surface area contributed by atoms with Gasteiger partial charge >= 0.3 is 0 Å². The Morgan fingerprint density at radius 1 is 1.08 bits per heavy atom. The fourth-order valence-electron chi connectivity index (χ4n) is 3.94. The van der Waals surface area contributed by atoms with Gasteiger partial charge in [-0.1, -0.05) is 44.2 Å². The van der Waals surface area contributed by atoms with Gasteiger partial charge in [0.05, 0.1) is 6.54 Å². The maximum absolute atomic E-state index is 6.00. The largest absolute Gasteiger partial charge is 0.492 e. The lowest BCUT2D eigenvalue weighted by Crippen LogP contribution is -2.50. The van der Waals surface area contributed by atoms with E-state index in [4.69, 9.17) is 4.74 Å². The maximum Gasteiger partial charge on any atom is 0.119 e. The summed E-state index contributed by atoms with van der Waals surface area (Å²) in [6, 6.07) is 17.3. The van der Waals surface area contributed by atoms with E-state index in [1.165, 1.54) is 23.2 Å². The molecule has 0 fully saturated rings. The number of fused-ring (bicyclic) bond motifs is 1. The third kappa shape index (κ3) is 3.43. The van der Waals surface area contributed by atoms with E-state index in [0.717, 1.165) is 18.7 Å². The van der Waals surface area contributed by atoms with Crippen LogP contribution in [0.25, 0.3) is 0 Å². The second-order valence-corrected chi connectivity index (χ2v) is 7.47. The summed E-state index contributed by atoms with van der Waals surface area (Å²) >= 11 is 0. The Morgan fingerprint density at radius 3 is 2.50 bits per heavy atom. The molecule has 0 spiro atoms. The average molecular weight is 323 g/mol. The lowest BCUT2D eigenvalue weighted by molar-refractivity contribution is 0.294. The molecule has 2 aromatic rings. The molecule has 1 aliphatic heterocycles. The van der Waals surface area contributed by atoms with Gasteiger partial charge in [0.25, 0.3) is 0 Å². The molecule has 0 N–H and O–H groups in total. The van der Waals surface area contributed by atoms with Crippen molar-refractivity contribution in [3.8, 4) is 5.75 Å². The molecule has 0 radical (unpaired) electrons. The highest BCUT2D eigenvalue weighted by Gasteiger charge is 2.35. The van der Waals surface area contributed by atoms with E-state index >= 15 is 0 Å². The van der Waals surface area contributed by atoms with Crippen molar-refractivity contribution in [2.75, 3.05) is 18.1 Å². The van der Waals surface area contributed by atoms with E-state index in [9.17, 15) is 0 Å². The van der Waals surface area contributed by atoms with Crippen LogP contribution in [0.2, 0.25) is 0 Å². The lowest BCUT2D eigenvalue weighted by Gasteiger charge is -2.47. The Hall–Kier alpha value is -1.96. The SMILES string of the molecule is CCc1ccc(OCCN2c3ccccc3C(C)CC2(C)C)cc1. The standard InChI is InChI=1S/C22H29NO/c1-5-18-10-12-19(13-11-18)24-15-14-23-21-9-7-6-8-20(21)17(2)16-22(23,3)4/h6-13,17H,5,14-16H2,1-4H3. The highest BCUT2D eigenvalue weighted by Crippen LogP contribution is 2.42. The average Bonchev–Trinajstić information content (AvgIpc) is 2.58. The number of para-hydroxylation sites is 1. The van der Waals surface area contributed by atoms with Gasteiger partial charge in [-0.05, 0) is 61.9 Å². The molecule has 3 rings (SSSR count). The summed E-state index contributed by atoms with van der Waals surface area (Å²) < 4.78 is 6.00. The zero-order chi connectivity index (χ0) is 17.2. The number of benzene rings is 2. The Morgan fingerprint density at radius 2 is 1.79 bits per heavy atom. The molecule has 0 bridgehead atoms. The van der Waals surface area contributed by atoms with Crippen LogP contribution in [0.15, 0.2) is 48.5 Å². The predicted octanol–water partition coefficient (Wildman–Crippen LogP) is 5.42. The second-order valence-electron chi connectivity index (χ2n) is 7.47. The molecule has 0 aromatic heterocycles. The summed E-state index contributed by atoms with van der Waals surface area (Å²) in [6.45, 7) is 10.8. The van der Waals surface area contributed by atoms with E-state index in [0.29, 0.717) is 12.5 Å². The van der Waals surface area contributed by atoms with Crippen LogP contribution in [0.1, 0.15) is 51.2 Å². The summed E-state index contributed by atoms with van der Waals surface area (Å²) in [7, 11) is 0. The molecule has 2 aromatic carbocycles. The normalized spacial score (nSPS) is 19.0. The molecule has 2 nitrogen and oxygen atoms in total. The predicted molar refractivity (Wildman–Crippen MR) is 102 cm³/mol. The molecule has 0 saturated heterocycles. The molecule has 0 amide bonds. The topological polar surface area (TPSA) is 12.5 Å². The number of rotatable bonds is 5. The van der Waals surface area contributed by atoms with Crippen molar-refractivity contribution in [3.05, 3.63) is 59.7 Å². The number of nitrogens with zero attached hydrogens (tertiary/aromatic N) is 1. The third-order valence-corrected chi connectivity index (χ3v) is 5.21. The summed E-state index contributed by atoms with van der Waals surface area (Å²) in [5.74, 6) is 1.57. The van der Waals surface area contributed by atoms with Crippen LogP contribution >= 0.6 is 0 Å². The number of aryl methyl sites for hydroxylation is 1. The van der Waals surface area contributed by atoms with Gasteiger partial charge in [0.1, 0.15) is 12.4 Å². The molecular weight excluding hydrogens is 294 g/mol. The molecule has 2 heteroatoms. The van der Waals surface area contributed by atoms with Crippen LogP contribution in [0.5, 0.6) is 5.75 Å². The first-order chi connectivity index (χ1) is 11.5. The van der Waals surface area contributed by atoms with E-state index in [1.807, 2.05) is 0 Å². The Bertz CT molecular complexity index is 675. The number of hydrogen-bond acceptors (Lipinski definition) is 2. The van der Waals surface area contributed by atoms with Gasteiger partial charge in [-0.3, -0.25) is 0 Å². The lowest BCUT2D eigenvalue weighted by atomic mass is 9.80. The zero-order valence-corrected chi connectivity index (χ0v) is 15.4. The maximum atomic E-state index is 6.00. The third-order valence-electron chi connectivity index (χ3n) is 5.21. The van der Waals surface area contributed by atoms with Crippen molar-refractivity contribution in [1.82, 2.24) is 0 Å². The van der Waals surface area contributed by atoms with Crippen LogP contribution in [0.3, 0.4) is 0 Å². The zero-order valence-electron chi connectivity index (χ0n) is 15.4. The summed E-state index contributed by atoms with van der Waals surface area (Å²) in [6.07, 6.45) is 2.24. The van der Waals surface area contributed by atoms with Gasteiger partial charge in [-0.25, -0.2) is 0 Å². The van der Waals surface area contributed by atoms with E-state index in [2.05, 4.69) is 81.1 Å². The smallest absolute Gasteiger partial charge is 0.119 e. The molecule has 128 valence electrons. The highest BCUT2D eigenvalue weighted by atomic mass is 16.5. The minimum atomic E-state index is 0.156. The van der Waals surface area contributed by atoms with Crippen molar-refractivity contribution in [3.63, 3.8) is 0 Å². The number of hydrogen-bond donors (Lipinski definition) is 0. The van der Waals surface area contributed by atoms with Gasteiger partial charge in [-0.15, -0.1) is 0 Å². The monoisotopic (exact) mass is 323 g/mol. The first-order valence-corrected chi connectivity index (χ1v) is 9.09. The second kappa shape index (κ2) is 6.88. The van der Waals surface area contributed by atoms with Gasteiger partial charge < -0.3 is 9.64 Å². The first kappa shape index (κ1) is 16.9. The minimum absolute atomic E-state index is 0.156. The Balaban J connectivity index is 1.70. The summed E-state index contributed by atoms with van der Waals surface area (Å²) in [4.78, 5) is 2.52. The molecule has 1 aliphatic rings. The van der Waals surface area contributed by atoms with Gasteiger partial charge in [0.2, 0.25) is 0 Å². The molecule has 1 heterocycles. The minimum Gasteiger partial charge on any atom is -0.492 e. The summed E-state index contributed by atoms with van der Waals surface area (Å²) in [5.41, 5.74) is 4.33. The van der Waals surface area contributed by atoms with E-state index < -0.39 is 0 Å².